The van der Waals surface area contributed by atoms with Gasteiger partial charge < -0.3 is 5.11 Å². The fraction of sp³-hybridized carbons (Fsp3) is 0.417. The molecule has 0 aliphatic heterocycles. The predicted octanol–water partition coefficient (Wildman–Crippen LogP) is 2.42. The summed E-state index contributed by atoms with van der Waals surface area (Å²) < 4.78 is 0. The van der Waals surface area contributed by atoms with E-state index in [4.69, 9.17) is 22.0 Å². The number of aliphatic hydroxyl groups is 1. The van der Waals surface area contributed by atoms with Crippen molar-refractivity contribution < 1.29 is 5.11 Å². The molecule has 0 amide bonds. The Kier molecular flexibility index (Phi) is 2.46. The highest BCUT2D eigenvalue weighted by Gasteiger charge is 2.55. The van der Waals surface area contributed by atoms with E-state index in [-0.39, 0.29) is 12.5 Å². The van der Waals surface area contributed by atoms with Crippen LogP contribution in [0.15, 0.2) is 18.2 Å². The summed E-state index contributed by atoms with van der Waals surface area (Å²) in [6.07, 6.45) is 0.736. The number of nitrogens with zero attached hydrogens (tertiary/aromatic N) is 1. The maximum absolute atomic E-state index is 9.17. The molecule has 2 nitrogen and oxygen atoms in total. The van der Waals surface area contributed by atoms with Crippen LogP contribution in [-0.2, 0) is 5.41 Å². The Bertz CT molecular complexity index is 438. The molecule has 1 aromatic carbocycles. The lowest BCUT2D eigenvalue weighted by Crippen LogP contribution is -2.09. The molecule has 2 atom stereocenters. The highest BCUT2D eigenvalue weighted by atomic mass is 35.5. The first kappa shape index (κ1) is 10.5. The van der Waals surface area contributed by atoms with Crippen LogP contribution in [0.3, 0.4) is 0 Å². The molecule has 0 unspecified atom stereocenters. The minimum Gasteiger partial charge on any atom is -0.396 e. The lowest BCUT2D eigenvalue weighted by atomic mass is 9.94. The van der Waals surface area contributed by atoms with E-state index in [1.54, 1.807) is 0 Å². The Hall–Kier alpha value is -1.04. The molecule has 1 fully saturated rings. The number of rotatable bonds is 2. The molecule has 3 heteroatoms. The predicted molar refractivity (Wildman–Crippen MR) is 58.7 cm³/mol. The van der Waals surface area contributed by atoms with Gasteiger partial charge in [0.25, 0.3) is 0 Å². The first-order valence-electron chi connectivity index (χ1n) is 4.93. The monoisotopic (exact) mass is 221 g/mol. The third kappa shape index (κ3) is 1.52. The van der Waals surface area contributed by atoms with E-state index in [1.807, 2.05) is 25.1 Å². The molecule has 0 bridgehead atoms. The third-order valence-electron chi connectivity index (χ3n) is 3.21. The van der Waals surface area contributed by atoms with Gasteiger partial charge in [-0.15, -0.1) is 0 Å². The molecule has 0 radical (unpaired) electrons. The number of benzene rings is 1. The smallest absolute Gasteiger partial charge is 0.0877 e. The number of hydrogen-bond acceptors (Lipinski definition) is 2. The molecule has 1 saturated carbocycles. The fourth-order valence-electron chi connectivity index (χ4n) is 1.98. The second-order valence-electron chi connectivity index (χ2n) is 4.13. The van der Waals surface area contributed by atoms with E-state index in [2.05, 4.69) is 6.07 Å². The Morgan fingerprint density at radius 2 is 2.40 bits per heavy atom. The summed E-state index contributed by atoms with van der Waals surface area (Å²) in [6, 6.07) is 7.99. The van der Waals surface area contributed by atoms with E-state index in [9.17, 15) is 0 Å². The van der Waals surface area contributed by atoms with Gasteiger partial charge in [0.1, 0.15) is 0 Å². The zero-order valence-electron chi connectivity index (χ0n) is 8.50. The molecular formula is C12H12ClNO. The van der Waals surface area contributed by atoms with Crippen LogP contribution in [0, 0.1) is 24.2 Å². The molecule has 0 heterocycles. The van der Waals surface area contributed by atoms with Crippen molar-refractivity contribution in [1.29, 1.82) is 5.26 Å². The molecule has 1 aliphatic carbocycles. The number of nitriles is 1. The van der Waals surface area contributed by atoms with Gasteiger partial charge in [0.05, 0.1) is 11.5 Å². The molecule has 0 spiro atoms. The molecule has 1 N–H and O–H groups in total. The van der Waals surface area contributed by atoms with Gasteiger partial charge in [-0.3, -0.25) is 0 Å². The van der Waals surface area contributed by atoms with Crippen LogP contribution >= 0.6 is 11.6 Å². The zero-order chi connectivity index (χ0) is 11.1. The van der Waals surface area contributed by atoms with Gasteiger partial charge in [-0.25, -0.2) is 0 Å². The van der Waals surface area contributed by atoms with Crippen LogP contribution in [0.25, 0.3) is 0 Å². The van der Waals surface area contributed by atoms with Crippen molar-refractivity contribution in [3.63, 3.8) is 0 Å². The Morgan fingerprint density at radius 1 is 1.67 bits per heavy atom. The molecule has 1 aromatic rings. The van der Waals surface area contributed by atoms with Gasteiger partial charge in [-0.1, -0.05) is 23.7 Å². The van der Waals surface area contributed by atoms with E-state index >= 15 is 0 Å². The third-order valence-corrected chi connectivity index (χ3v) is 3.62. The first-order valence-corrected chi connectivity index (χ1v) is 5.30. The summed E-state index contributed by atoms with van der Waals surface area (Å²) in [5.74, 6) is 0.0706. The molecule has 2 rings (SSSR count). The van der Waals surface area contributed by atoms with Crippen molar-refractivity contribution in [2.75, 3.05) is 6.61 Å². The molecular weight excluding hydrogens is 210 g/mol. The second-order valence-corrected chi connectivity index (χ2v) is 4.54. The summed E-state index contributed by atoms with van der Waals surface area (Å²) >= 11 is 6.02. The van der Waals surface area contributed by atoms with E-state index in [1.165, 1.54) is 0 Å². The van der Waals surface area contributed by atoms with Gasteiger partial charge in [0.15, 0.2) is 0 Å². The van der Waals surface area contributed by atoms with E-state index in [0.29, 0.717) is 5.02 Å². The Morgan fingerprint density at radius 3 is 2.87 bits per heavy atom. The average Bonchev–Trinajstić information content (AvgIpc) is 2.97. The van der Waals surface area contributed by atoms with E-state index in [0.717, 1.165) is 17.5 Å². The summed E-state index contributed by atoms with van der Waals surface area (Å²) in [4.78, 5) is 0. The second kappa shape index (κ2) is 3.52. The summed E-state index contributed by atoms with van der Waals surface area (Å²) in [7, 11) is 0. The summed E-state index contributed by atoms with van der Waals surface area (Å²) in [6.45, 7) is 2.00. The summed E-state index contributed by atoms with van der Waals surface area (Å²) in [5.41, 5.74) is 1.45. The standard InChI is InChI=1S/C12H12ClNO/c1-8-2-3-9(4-11(8)13)12(7-14)5-10(12)6-15/h2-4,10,15H,5-6H2,1H3/t10-,12-/m0/s1. The van der Waals surface area contributed by atoms with Crippen molar-refractivity contribution in [3.05, 3.63) is 34.3 Å². The van der Waals surface area contributed by atoms with Gasteiger partial charge in [-0.2, -0.15) is 5.26 Å². The largest absolute Gasteiger partial charge is 0.396 e. The van der Waals surface area contributed by atoms with E-state index < -0.39 is 5.41 Å². The van der Waals surface area contributed by atoms with Gasteiger partial charge >= 0.3 is 0 Å². The van der Waals surface area contributed by atoms with Crippen LogP contribution < -0.4 is 0 Å². The average molecular weight is 222 g/mol. The molecule has 15 heavy (non-hydrogen) atoms. The maximum Gasteiger partial charge on any atom is 0.0877 e. The summed E-state index contributed by atoms with van der Waals surface area (Å²) in [5, 5.41) is 18.9. The Balaban J connectivity index is 2.39. The van der Waals surface area contributed by atoms with Gasteiger partial charge in [0, 0.05) is 17.5 Å². The van der Waals surface area contributed by atoms with Crippen molar-refractivity contribution in [2.45, 2.75) is 18.8 Å². The van der Waals surface area contributed by atoms with Crippen LogP contribution in [0.1, 0.15) is 17.5 Å². The molecule has 0 aromatic heterocycles. The lowest BCUT2D eigenvalue weighted by molar-refractivity contribution is 0.269. The van der Waals surface area contributed by atoms with Gasteiger partial charge in [-0.05, 0) is 30.5 Å². The van der Waals surface area contributed by atoms with Crippen LogP contribution in [0.4, 0.5) is 0 Å². The first-order chi connectivity index (χ1) is 7.14. The maximum atomic E-state index is 9.17. The van der Waals surface area contributed by atoms with Crippen LogP contribution in [0.2, 0.25) is 5.02 Å². The fourth-order valence-corrected chi connectivity index (χ4v) is 2.16. The number of hydrogen-bond donors (Lipinski definition) is 1. The number of halogens is 1. The molecule has 0 saturated heterocycles. The molecule has 1 aliphatic rings. The highest BCUT2D eigenvalue weighted by Crippen LogP contribution is 2.53. The normalized spacial score (nSPS) is 28.5. The van der Waals surface area contributed by atoms with Crippen molar-refractivity contribution in [3.8, 4) is 6.07 Å². The Labute approximate surface area is 94.1 Å². The molecule has 78 valence electrons. The number of aryl methyl sites for hydroxylation is 1. The SMILES string of the molecule is Cc1ccc([C@@]2(C#N)C[C@H]2CO)cc1Cl. The minimum atomic E-state index is -0.494. The number of aliphatic hydroxyl groups excluding tert-OH is 1. The van der Waals surface area contributed by atoms with Crippen LogP contribution in [0.5, 0.6) is 0 Å². The van der Waals surface area contributed by atoms with Crippen molar-refractivity contribution >= 4 is 11.6 Å². The van der Waals surface area contributed by atoms with Crippen molar-refractivity contribution in [2.24, 2.45) is 5.92 Å². The quantitative estimate of drug-likeness (QED) is 0.834. The minimum absolute atomic E-state index is 0.0685. The van der Waals surface area contributed by atoms with Crippen LogP contribution in [-0.4, -0.2) is 11.7 Å². The van der Waals surface area contributed by atoms with Crippen molar-refractivity contribution in [1.82, 2.24) is 0 Å². The zero-order valence-corrected chi connectivity index (χ0v) is 9.25. The lowest BCUT2D eigenvalue weighted by Gasteiger charge is -2.09. The topological polar surface area (TPSA) is 44.0 Å². The highest BCUT2D eigenvalue weighted by molar-refractivity contribution is 6.31. The van der Waals surface area contributed by atoms with Gasteiger partial charge in [0.2, 0.25) is 0 Å².